The quantitative estimate of drug-likeness (QED) is 0.149. The monoisotopic (exact) mass is 754 g/mol. The van der Waals surface area contributed by atoms with Crippen molar-refractivity contribution in [3.05, 3.63) is 65.7 Å². The molecule has 54 heavy (non-hydrogen) atoms. The lowest BCUT2D eigenvalue weighted by molar-refractivity contribution is -0.108. The SMILES string of the molecule is CC(C)CC=O.CCCCn1c(=O)c2c(C(O)CC(C)C)c(OC(C)C)cnc2n(C)c1=O.CCCCn1c(=O)c2cc(OC(C)C)cnc2n(C)c1=O. The van der Waals surface area contributed by atoms with Gasteiger partial charge in [-0.2, -0.15) is 0 Å². The second kappa shape index (κ2) is 21.3. The second-order valence-corrected chi connectivity index (χ2v) is 14.9. The summed E-state index contributed by atoms with van der Waals surface area (Å²) in [6, 6.07) is 1.66. The van der Waals surface area contributed by atoms with Crippen LogP contribution in [0, 0.1) is 11.8 Å². The van der Waals surface area contributed by atoms with Crippen LogP contribution in [-0.4, -0.2) is 51.8 Å². The molecule has 1 unspecified atom stereocenters. The topological polar surface area (TPSA) is 170 Å². The van der Waals surface area contributed by atoms with Crippen LogP contribution in [0.2, 0.25) is 0 Å². The Labute approximate surface area is 317 Å². The summed E-state index contributed by atoms with van der Waals surface area (Å²) in [5, 5.41) is 11.6. The molecule has 0 amide bonds. The summed E-state index contributed by atoms with van der Waals surface area (Å²) in [6.07, 6.45) is 7.44. The Kier molecular flexibility index (Phi) is 18.0. The molecule has 0 saturated carbocycles. The number of hydrogen-bond donors (Lipinski definition) is 1. The van der Waals surface area contributed by atoms with Crippen molar-refractivity contribution in [2.24, 2.45) is 25.9 Å². The third-order valence-electron chi connectivity index (χ3n) is 8.31. The van der Waals surface area contributed by atoms with Crippen molar-refractivity contribution < 1.29 is 19.4 Å². The van der Waals surface area contributed by atoms with E-state index < -0.39 is 17.4 Å². The van der Waals surface area contributed by atoms with Crippen LogP contribution in [0.1, 0.15) is 119 Å². The van der Waals surface area contributed by atoms with E-state index in [1.807, 2.05) is 69.2 Å². The number of nitrogens with zero attached hydrogens (tertiary/aromatic N) is 6. The van der Waals surface area contributed by atoms with Gasteiger partial charge in [-0.25, -0.2) is 19.6 Å². The van der Waals surface area contributed by atoms with Crippen LogP contribution in [-0.2, 0) is 32.0 Å². The Morgan fingerprint density at radius 1 is 0.741 bits per heavy atom. The normalized spacial score (nSPS) is 11.9. The molecule has 0 saturated heterocycles. The predicted molar refractivity (Wildman–Crippen MR) is 214 cm³/mol. The maximum absolute atomic E-state index is 13.2. The first-order valence-electron chi connectivity index (χ1n) is 19.1. The Bertz CT molecular complexity index is 2070. The highest BCUT2D eigenvalue weighted by Crippen LogP contribution is 2.33. The highest BCUT2D eigenvalue weighted by atomic mass is 16.5. The van der Waals surface area contributed by atoms with E-state index in [4.69, 9.17) is 9.47 Å². The number of aryl methyl sites for hydroxylation is 2. The molecule has 0 aliphatic heterocycles. The van der Waals surface area contributed by atoms with Crippen LogP contribution in [0.4, 0.5) is 0 Å². The van der Waals surface area contributed by atoms with Gasteiger partial charge in [0.25, 0.3) is 11.1 Å². The maximum atomic E-state index is 13.2. The Balaban J connectivity index is 0.000000331. The van der Waals surface area contributed by atoms with Gasteiger partial charge in [0.1, 0.15) is 29.1 Å². The van der Waals surface area contributed by atoms with E-state index in [-0.39, 0.29) is 40.4 Å². The first kappa shape index (κ1) is 45.6. The molecule has 0 bridgehead atoms. The number of unbranched alkanes of at least 4 members (excludes halogenated alkanes) is 2. The van der Waals surface area contributed by atoms with Crippen LogP contribution in [0.15, 0.2) is 37.6 Å². The Morgan fingerprint density at radius 2 is 1.26 bits per heavy atom. The fourth-order valence-corrected chi connectivity index (χ4v) is 5.62. The minimum atomic E-state index is -0.880. The summed E-state index contributed by atoms with van der Waals surface area (Å²) < 4.78 is 16.7. The first-order valence-corrected chi connectivity index (χ1v) is 19.1. The third-order valence-corrected chi connectivity index (χ3v) is 8.31. The average Bonchev–Trinajstić information content (AvgIpc) is 3.09. The van der Waals surface area contributed by atoms with Gasteiger partial charge in [0.2, 0.25) is 0 Å². The van der Waals surface area contributed by atoms with Crippen molar-refractivity contribution >= 4 is 28.4 Å². The van der Waals surface area contributed by atoms with E-state index in [0.29, 0.717) is 59.9 Å². The minimum Gasteiger partial charge on any atom is -0.489 e. The molecule has 0 radical (unpaired) electrons. The van der Waals surface area contributed by atoms with E-state index in [0.717, 1.165) is 32.0 Å². The summed E-state index contributed by atoms with van der Waals surface area (Å²) in [5.41, 5.74) is -0.362. The van der Waals surface area contributed by atoms with Crippen molar-refractivity contribution in [1.29, 1.82) is 0 Å². The minimum absolute atomic E-state index is 0.000835. The zero-order chi connectivity index (χ0) is 40.9. The fourth-order valence-electron chi connectivity index (χ4n) is 5.62. The van der Waals surface area contributed by atoms with Gasteiger partial charge in [-0.15, -0.1) is 0 Å². The summed E-state index contributed by atoms with van der Waals surface area (Å²) in [7, 11) is 3.23. The van der Waals surface area contributed by atoms with Crippen LogP contribution < -0.4 is 32.0 Å². The highest BCUT2D eigenvalue weighted by Gasteiger charge is 2.25. The molecule has 4 heterocycles. The summed E-state index contributed by atoms with van der Waals surface area (Å²) in [4.78, 5) is 68.7. The molecule has 4 aromatic rings. The van der Waals surface area contributed by atoms with Crippen molar-refractivity contribution in [1.82, 2.24) is 28.2 Å². The van der Waals surface area contributed by atoms with Crippen molar-refractivity contribution in [3.63, 3.8) is 0 Å². The molecule has 14 heteroatoms. The molecule has 1 N–H and O–H groups in total. The van der Waals surface area contributed by atoms with Gasteiger partial charge in [-0.1, -0.05) is 54.4 Å². The van der Waals surface area contributed by atoms with E-state index >= 15 is 0 Å². The maximum Gasteiger partial charge on any atom is 0.332 e. The average molecular weight is 755 g/mol. The molecular weight excluding hydrogens is 692 g/mol. The van der Waals surface area contributed by atoms with Gasteiger partial charge in [0.05, 0.1) is 41.5 Å². The van der Waals surface area contributed by atoms with E-state index in [2.05, 4.69) is 9.97 Å². The predicted octanol–water partition coefficient (Wildman–Crippen LogP) is 5.68. The number of aliphatic hydroxyl groups excluding tert-OH is 1. The zero-order valence-electron chi connectivity index (χ0n) is 34.3. The van der Waals surface area contributed by atoms with Gasteiger partial charge < -0.3 is 19.4 Å². The molecule has 1 atom stereocenters. The number of hydrogen-bond acceptors (Lipinski definition) is 10. The van der Waals surface area contributed by atoms with Gasteiger partial charge >= 0.3 is 11.4 Å². The Hall–Kier alpha value is -4.59. The highest BCUT2D eigenvalue weighted by molar-refractivity contribution is 5.81. The number of pyridine rings is 2. The standard InChI is InChI=1S/C20H31N3O4.C15H21N3O3.C5H10O/c1-7-8-9-23-19(25)17-16(14(24)10-12(2)3)15(27-13(4)5)11-21-18(17)22(6)20(23)26;1-5-6-7-18-14(19)12-8-11(21-10(2)3)9-16-13(12)17(4)15(18)20;1-5(2)3-4-6/h11-14,24H,7-10H2,1-6H3;8-10H,5-7H2,1-4H3;4-5H,3H2,1-2H3. The van der Waals surface area contributed by atoms with Crippen molar-refractivity contribution in [2.45, 2.75) is 139 Å². The van der Waals surface area contributed by atoms with Gasteiger partial charge in [0.15, 0.2) is 0 Å². The summed E-state index contributed by atoms with van der Waals surface area (Å²) >= 11 is 0. The largest absolute Gasteiger partial charge is 0.489 e. The molecule has 300 valence electrons. The molecule has 0 spiro atoms. The van der Waals surface area contributed by atoms with E-state index in [1.165, 1.54) is 30.7 Å². The van der Waals surface area contributed by atoms with Crippen molar-refractivity contribution in [3.8, 4) is 11.5 Å². The number of fused-ring (bicyclic) bond motifs is 2. The van der Waals surface area contributed by atoms with Crippen LogP contribution in [0.3, 0.4) is 0 Å². The fraction of sp³-hybridized carbons (Fsp3) is 0.625. The summed E-state index contributed by atoms with van der Waals surface area (Å²) in [5.74, 6) is 1.69. The number of rotatable bonds is 15. The van der Waals surface area contributed by atoms with Crippen LogP contribution in [0.25, 0.3) is 22.1 Å². The molecular formula is C40H62N6O8. The molecule has 14 nitrogen and oxygen atoms in total. The van der Waals surface area contributed by atoms with Gasteiger partial charge in [-0.05, 0) is 64.9 Å². The van der Waals surface area contributed by atoms with Crippen LogP contribution >= 0.6 is 0 Å². The second-order valence-electron chi connectivity index (χ2n) is 14.9. The number of carbonyl (C=O) groups excluding carboxylic acids is 1. The molecule has 0 fully saturated rings. The number of aldehydes is 1. The van der Waals surface area contributed by atoms with E-state index in [1.54, 1.807) is 20.2 Å². The van der Waals surface area contributed by atoms with E-state index in [9.17, 15) is 29.1 Å². The molecule has 0 aliphatic carbocycles. The number of ether oxygens (including phenoxy) is 2. The zero-order valence-corrected chi connectivity index (χ0v) is 34.3. The number of aliphatic hydroxyl groups is 1. The smallest absolute Gasteiger partial charge is 0.332 e. The molecule has 0 aromatic carbocycles. The lowest BCUT2D eigenvalue weighted by Gasteiger charge is -2.21. The number of carbonyl (C=O) groups is 1. The number of aromatic nitrogens is 6. The third kappa shape index (κ3) is 12.0. The lowest BCUT2D eigenvalue weighted by Crippen LogP contribution is -2.40. The molecule has 4 rings (SSSR count). The van der Waals surface area contributed by atoms with Gasteiger partial charge in [-0.3, -0.25) is 27.9 Å². The molecule has 0 aliphatic rings. The van der Waals surface area contributed by atoms with Crippen LogP contribution in [0.5, 0.6) is 11.5 Å². The Morgan fingerprint density at radius 3 is 1.72 bits per heavy atom. The lowest BCUT2D eigenvalue weighted by atomic mass is 9.97. The molecule has 4 aromatic heterocycles. The first-order chi connectivity index (χ1) is 25.4. The van der Waals surface area contributed by atoms with Gasteiger partial charge in [0, 0.05) is 39.2 Å². The van der Waals surface area contributed by atoms with Crippen molar-refractivity contribution in [2.75, 3.05) is 0 Å². The summed E-state index contributed by atoms with van der Waals surface area (Å²) in [6.45, 7) is 20.4.